The minimum Gasteiger partial charge on any atom is -0.399 e. The lowest BCUT2D eigenvalue weighted by Crippen LogP contribution is -2.05. The molecule has 0 fully saturated rings. The molecule has 5 heteroatoms. The number of nitriles is 1. The molecule has 0 aliphatic carbocycles. The van der Waals surface area contributed by atoms with Crippen LogP contribution in [-0.4, -0.2) is 14.8 Å². The lowest BCUT2D eigenvalue weighted by atomic mass is 10.1. The first-order chi connectivity index (χ1) is 9.60. The van der Waals surface area contributed by atoms with Crippen LogP contribution in [0.2, 0.25) is 0 Å². The van der Waals surface area contributed by atoms with Gasteiger partial charge in [0.15, 0.2) is 5.82 Å². The average molecular weight is 263 g/mol. The third kappa shape index (κ3) is 1.79. The summed E-state index contributed by atoms with van der Waals surface area (Å²) in [6.07, 6.45) is 1.75. The van der Waals surface area contributed by atoms with E-state index in [1.807, 2.05) is 38.1 Å². The van der Waals surface area contributed by atoms with Crippen molar-refractivity contribution in [3.8, 4) is 11.9 Å². The van der Waals surface area contributed by atoms with Crippen molar-refractivity contribution < 1.29 is 0 Å². The fourth-order valence-electron chi connectivity index (χ4n) is 2.31. The quantitative estimate of drug-likeness (QED) is 0.684. The second-order valence-corrected chi connectivity index (χ2v) is 4.77. The first-order valence-corrected chi connectivity index (χ1v) is 6.22. The van der Waals surface area contributed by atoms with Crippen LogP contribution in [0.25, 0.3) is 16.7 Å². The Kier molecular flexibility index (Phi) is 2.65. The smallest absolute Gasteiger partial charge is 0.172 e. The van der Waals surface area contributed by atoms with E-state index in [2.05, 4.69) is 16.2 Å². The van der Waals surface area contributed by atoms with Gasteiger partial charge in [-0.25, -0.2) is 9.67 Å². The van der Waals surface area contributed by atoms with Crippen molar-refractivity contribution in [2.24, 2.45) is 0 Å². The highest BCUT2D eigenvalue weighted by molar-refractivity contribution is 5.83. The van der Waals surface area contributed by atoms with Crippen LogP contribution < -0.4 is 5.73 Å². The minimum atomic E-state index is 0.531. The van der Waals surface area contributed by atoms with E-state index in [9.17, 15) is 5.26 Å². The normalized spacial score (nSPS) is 10.7. The molecule has 0 aliphatic rings. The van der Waals surface area contributed by atoms with Crippen LogP contribution in [0.15, 0.2) is 30.5 Å². The van der Waals surface area contributed by atoms with Gasteiger partial charge in [0.25, 0.3) is 0 Å². The van der Waals surface area contributed by atoms with Crippen molar-refractivity contribution >= 4 is 16.6 Å². The van der Waals surface area contributed by atoms with Gasteiger partial charge < -0.3 is 5.73 Å². The summed E-state index contributed by atoms with van der Waals surface area (Å²) in [6.45, 7) is 3.80. The molecule has 3 rings (SSSR count). The predicted molar refractivity (Wildman–Crippen MR) is 77.5 cm³/mol. The van der Waals surface area contributed by atoms with E-state index >= 15 is 0 Å². The highest BCUT2D eigenvalue weighted by Gasteiger charge is 2.14. The molecule has 0 saturated heterocycles. The van der Waals surface area contributed by atoms with E-state index in [-0.39, 0.29) is 0 Å². The van der Waals surface area contributed by atoms with Gasteiger partial charge in [0.2, 0.25) is 0 Å². The third-order valence-electron chi connectivity index (χ3n) is 3.23. The van der Waals surface area contributed by atoms with Gasteiger partial charge in [0, 0.05) is 16.8 Å². The number of fused-ring (bicyclic) bond motifs is 1. The summed E-state index contributed by atoms with van der Waals surface area (Å²) >= 11 is 0. The maximum atomic E-state index is 9.36. The van der Waals surface area contributed by atoms with Crippen LogP contribution in [0.5, 0.6) is 0 Å². The van der Waals surface area contributed by atoms with E-state index in [1.165, 1.54) is 0 Å². The number of pyridine rings is 1. The van der Waals surface area contributed by atoms with Crippen LogP contribution >= 0.6 is 0 Å². The second kappa shape index (κ2) is 4.35. The summed E-state index contributed by atoms with van der Waals surface area (Å²) < 4.78 is 1.67. The number of hydrogen-bond donors (Lipinski definition) is 1. The highest BCUT2D eigenvalue weighted by atomic mass is 15.3. The average Bonchev–Trinajstić information content (AvgIpc) is 2.80. The van der Waals surface area contributed by atoms with Gasteiger partial charge in [0.1, 0.15) is 6.07 Å². The number of hydrogen-bond acceptors (Lipinski definition) is 4. The second-order valence-electron chi connectivity index (χ2n) is 4.77. The molecule has 98 valence electrons. The zero-order valence-corrected chi connectivity index (χ0v) is 11.3. The van der Waals surface area contributed by atoms with Crippen molar-refractivity contribution in [2.45, 2.75) is 13.8 Å². The maximum absolute atomic E-state index is 9.36. The Labute approximate surface area is 116 Å². The zero-order chi connectivity index (χ0) is 14.3. The Balaban J connectivity index is 2.37. The molecule has 0 aliphatic heterocycles. The van der Waals surface area contributed by atoms with Crippen molar-refractivity contribution in [2.75, 3.05) is 5.73 Å². The largest absolute Gasteiger partial charge is 0.399 e. The lowest BCUT2D eigenvalue weighted by Gasteiger charge is -2.09. The van der Waals surface area contributed by atoms with Crippen molar-refractivity contribution in [3.63, 3.8) is 0 Å². The molecule has 0 bridgehead atoms. The van der Waals surface area contributed by atoms with Crippen molar-refractivity contribution in [3.05, 3.63) is 47.3 Å². The van der Waals surface area contributed by atoms with E-state index in [1.54, 1.807) is 10.9 Å². The van der Waals surface area contributed by atoms with Crippen LogP contribution in [0.3, 0.4) is 0 Å². The monoisotopic (exact) mass is 263 g/mol. The Morgan fingerprint density at radius 3 is 2.80 bits per heavy atom. The summed E-state index contributed by atoms with van der Waals surface area (Å²) in [6, 6.07) is 9.66. The molecule has 20 heavy (non-hydrogen) atoms. The highest BCUT2D eigenvalue weighted by Crippen LogP contribution is 2.23. The molecular formula is C15H13N5. The maximum Gasteiger partial charge on any atom is 0.172 e. The number of nitrogens with two attached hydrogens (primary N) is 1. The Bertz CT molecular complexity index is 855. The molecule has 2 heterocycles. The fraction of sp³-hybridized carbons (Fsp3) is 0.133. The van der Waals surface area contributed by atoms with Gasteiger partial charge in [-0.05, 0) is 43.7 Å². The third-order valence-corrected chi connectivity index (χ3v) is 3.23. The van der Waals surface area contributed by atoms with Gasteiger partial charge in [-0.15, -0.1) is 0 Å². The number of benzene rings is 1. The Morgan fingerprint density at radius 1 is 1.25 bits per heavy atom. The Morgan fingerprint density at radius 2 is 2.05 bits per heavy atom. The molecule has 0 spiro atoms. The van der Waals surface area contributed by atoms with E-state index in [0.717, 1.165) is 22.2 Å². The molecule has 2 aromatic heterocycles. The molecule has 0 saturated carbocycles. The van der Waals surface area contributed by atoms with Gasteiger partial charge >= 0.3 is 0 Å². The zero-order valence-electron chi connectivity index (χ0n) is 11.3. The summed E-state index contributed by atoms with van der Waals surface area (Å²) in [7, 11) is 0. The standard InChI is InChI=1S/C15H13N5/c1-9-5-10(2)19-15(13(9)7-16)20-14-6-12(17)4-3-11(14)8-18-20/h3-6,8H,17H2,1-2H3. The summed E-state index contributed by atoms with van der Waals surface area (Å²) in [5, 5.41) is 14.7. The topological polar surface area (TPSA) is 80.5 Å². The molecule has 1 aromatic carbocycles. The molecule has 0 radical (unpaired) electrons. The first kappa shape index (κ1) is 12.2. The number of anilines is 1. The van der Waals surface area contributed by atoms with Gasteiger partial charge in [0.05, 0.1) is 17.3 Å². The summed E-state index contributed by atoms with van der Waals surface area (Å²) in [5.74, 6) is 0.547. The number of aryl methyl sites for hydroxylation is 2. The van der Waals surface area contributed by atoms with Gasteiger partial charge in [-0.1, -0.05) is 0 Å². The minimum absolute atomic E-state index is 0.531. The Hall–Kier alpha value is -2.87. The lowest BCUT2D eigenvalue weighted by molar-refractivity contribution is 0.860. The number of nitrogen functional groups attached to an aromatic ring is 1. The fourth-order valence-corrected chi connectivity index (χ4v) is 2.31. The SMILES string of the molecule is Cc1cc(C)c(C#N)c(-n2ncc3ccc(N)cc32)n1. The predicted octanol–water partition coefficient (Wildman–Crippen LogP) is 2.49. The van der Waals surface area contributed by atoms with Gasteiger partial charge in [-0.2, -0.15) is 10.4 Å². The molecule has 0 unspecified atom stereocenters. The van der Waals surface area contributed by atoms with Gasteiger partial charge in [-0.3, -0.25) is 0 Å². The van der Waals surface area contributed by atoms with Crippen molar-refractivity contribution in [1.29, 1.82) is 5.26 Å². The number of nitrogens with zero attached hydrogens (tertiary/aromatic N) is 4. The van der Waals surface area contributed by atoms with Crippen LogP contribution in [0.1, 0.15) is 16.8 Å². The summed E-state index contributed by atoms with van der Waals surface area (Å²) in [5.41, 5.74) is 9.61. The first-order valence-electron chi connectivity index (χ1n) is 6.22. The summed E-state index contributed by atoms with van der Waals surface area (Å²) in [4.78, 5) is 4.46. The van der Waals surface area contributed by atoms with E-state index in [0.29, 0.717) is 17.1 Å². The van der Waals surface area contributed by atoms with Crippen LogP contribution in [-0.2, 0) is 0 Å². The molecule has 2 N–H and O–H groups in total. The molecular weight excluding hydrogens is 250 g/mol. The number of rotatable bonds is 1. The molecule has 0 amide bonds. The van der Waals surface area contributed by atoms with Crippen LogP contribution in [0, 0.1) is 25.2 Å². The molecule has 3 aromatic rings. The van der Waals surface area contributed by atoms with Crippen LogP contribution in [0.4, 0.5) is 5.69 Å². The molecule has 5 nitrogen and oxygen atoms in total. The van der Waals surface area contributed by atoms with E-state index < -0.39 is 0 Å². The molecule has 0 atom stereocenters. The van der Waals surface area contributed by atoms with Crippen molar-refractivity contribution in [1.82, 2.24) is 14.8 Å². The van der Waals surface area contributed by atoms with E-state index in [4.69, 9.17) is 5.73 Å². The number of aromatic nitrogens is 3.